The largest absolute Gasteiger partial charge is 0.472 e. The van der Waals surface area contributed by atoms with Crippen molar-refractivity contribution in [1.29, 1.82) is 0 Å². The van der Waals surface area contributed by atoms with Crippen LogP contribution in [0.15, 0.2) is 59.2 Å². The lowest BCUT2D eigenvalue weighted by Gasteiger charge is -2.34. The van der Waals surface area contributed by atoms with Crippen LogP contribution in [0, 0.1) is 5.92 Å². The molecule has 2 aliphatic rings. The van der Waals surface area contributed by atoms with Crippen molar-refractivity contribution in [3.05, 3.63) is 59.2 Å². The van der Waals surface area contributed by atoms with Gasteiger partial charge in [-0.15, -0.1) is 0 Å². The van der Waals surface area contributed by atoms with E-state index in [1.54, 1.807) is 0 Å². The number of hydrogen-bond donors (Lipinski definition) is 0. The van der Waals surface area contributed by atoms with E-state index in [0.29, 0.717) is 12.4 Å². The van der Waals surface area contributed by atoms with E-state index in [4.69, 9.17) is 4.74 Å². The summed E-state index contributed by atoms with van der Waals surface area (Å²) in [5.41, 5.74) is 4.31. The lowest BCUT2D eigenvalue weighted by Crippen LogP contribution is -2.40. The molecule has 0 saturated carbocycles. The van der Waals surface area contributed by atoms with Crippen LogP contribution in [0.4, 0.5) is 8.78 Å². The highest BCUT2D eigenvalue weighted by Gasteiger charge is 2.35. The molecule has 4 nitrogen and oxygen atoms in total. The predicted molar refractivity (Wildman–Crippen MR) is 115 cm³/mol. The van der Waals surface area contributed by atoms with Gasteiger partial charge in [0.25, 0.3) is 5.92 Å². The van der Waals surface area contributed by atoms with Crippen LogP contribution < -0.4 is 0 Å². The molecule has 1 unspecified atom stereocenters. The molecule has 0 aromatic heterocycles. The Kier molecular flexibility index (Phi) is 7.33. The molecule has 0 fully saturated rings. The molecule has 0 N–H and O–H groups in total. The van der Waals surface area contributed by atoms with Crippen LogP contribution in [0.2, 0.25) is 0 Å². The van der Waals surface area contributed by atoms with E-state index in [-0.39, 0.29) is 6.04 Å². The van der Waals surface area contributed by atoms with E-state index >= 15 is 0 Å². The first-order valence-electron chi connectivity index (χ1n) is 10.1. The van der Waals surface area contributed by atoms with Gasteiger partial charge in [0, 0.05) is 38.3 Å². The van der Waals surface area contributed by atoms with Gasteiger partial charge in [0.2, 0.25) is 0 Å². The predicted octanol–water partition coefficient (Wildman–Crippen LogP) is 4.96. The van der Waals surface area contributed by atoms with Crippen LogP contribution in [-0.2, 0) is 4.74 Å². The Labute approximate surface area is 174 Å². The summed E-state index contributed by atoms with van der Waals surface area (Å²) in [6.07, 6.45) is 8.41. The van der Waals surface area contributed by atoms with Crippen molar-refractivity contribution in [3.63, 3.8) is 0 Å². The fourth-order valence-corrected chi connectivity index (χ4v) is 3.57. The molecule has 162 valence electrons. The fourth-order valence-electron chi connectivity index (χ4n) is 3.57. The Morgan fingerprint density at radius 2 is 2.03 bits per heavy atom. The molecule has 0 radical (unpaired) electrons. The molecular formula is C23H35F2N3O. The molecule has 0 aromatic rings. The molecular weight excluding hydrogens is 372 g/mol. The van der Waals surface area contributed by atoms with Crippen LogP contribution in [0.25, 0.3) is 0 Å². The van der Waals surface area contributed by atoms with Gasteiger partial charge in [-0.1, -0.05) is 44.2 Å². The highest BCUT2D eigenvalue weighted by molar-refractivity contribution is 5.38. The number of hydrogen-bond acceptors (Lipinski definition) is 4. The zero-order valence-corrected chi connectivity index (χ0v) is 18.8. The molecule has 0 aliphatic carbocycles. The van der Waals surface area contributed by atoms with Gasteiger partial charge in [0.15, 0.2) is 12.5 Å². The monoisotopic (exact) mass is 407 g/mol. The number of hydrazine groups is 1. The highest BCUT2D eigenvalue weighted by atomic mass is 19.3. The van der Waals surface area contributed by atoms with Crippen molar-refractivity contribution in [2.45, 2.75) is 46.6 Å². The van der Waals surface area contributed by atoms with Crippen molar-refractivity contribution >= 4 is 0 Å². The quantitative estimate of drug-likeness (QED) is 0.529. The molecule has 0 aromatic carbocycles. The first-order chi connectivity index (χ1) is 13.5. The molecule has 2 heterocycles. The normalized spacial score (nSPS) is 21.4. The molecule has 1 atom stereocenters. The van der Waals surface area contributed by atoms with Crippen LogP contribution in [0.1, 0.15) is 34.6 Å². The fraction of sp³-hybridized carbons (Fsp3) is 0.565. The SMILES string of the molecule is C=C(C)C1=CN(CC2=CC(C)=C(OCC(F)(F)C(C)C)N(C)C2)N(C)C1/C=C\C. The molecule has 0 bridgehead atoms. The maximum absolute atomic E-state index is 13.9. The van der Waals surface area contributed by atoms with Crippen LogP contribution >= 0.6 is 0 Å². The van der Waals surface area contributed by atoms with Crippen molar-refractivity contribution in [2.75, 3.05) is 33.8 Å². The molecule has 2 aliphatic heterocycles. The standard InChI is InChI=1S/C23H35F2N3O/c1-9-10-21-20(16(2)3)14-28(27(21)8)13-19-11-18(6)22(26(7)12-19)29-15-23(24,25)17(4)5/h9-11,14,17,21H,2,12-13,15H2,1,3-8H3/b10-9-. The number of allylic oxidation sites excluding steroid dienone is 3. The van der Waals surface area contributed by atoms with Gasteiger partial charge in [-0.05, 0) is 31.9 Å². The zero-order valence-electron chi connectivity index (χ0n) is 18.8. The Morgan fingerprint density at radius 1 is 1.38 bits per heavy atom. The lowest BCUT2D eigenvalue weighted by atomic mass is 10.0. The molecule has 29 heavy (non-hydrogen) atoms. The Bertz CT molecular complexity index is 749. The number of nitrogens with zero attached hydrogens (tertiary/aromatic N) is 3. The maximum atomic E-state index is 13.9. The maximum Gasteiger partial charge on any atom is 0.283 e. The van der Waals surface area contributed by atoms with Gasteiger partial charge in [0.05, 0.1) is 12.6 Å². The second kappa shape index (κ2) is 9.16. The van der Waals surface area contributed by atoms with E-state index < -0.39 is 18.4 Å². The summed E-state index contributed by atoms with van der Waals surface area (Å²) in [5, 5.41) is 4.37. The van der Waals surface area contributed by atoms with Gasteiger partial charge in [0.1, 0.15) is 0 Å². The second-order valence-electron chi connectivity index (χ2n) is 8.36. The van der Waals surface area contributed by atoms with Gasteiger partial charge < -0.3 is 14.6 Å². The molecule has 6 heteroatoms. The summed E-state index contributed by atoms with van der Waals surface area (Å²) in [6.45, 7) is 13.8. The number of likely N-dealkylation sites (N-methyl/N-ethyl adjacent to an activating group) is 2. The second-order valence-corrected chi connectivity index (χ2v) is 8.36. The van der Waals surface area contributed by atoms with Crippen molar-refractivity contribution in [1.82, 2.24) is 14.9 Å². The first kappa shape index (κ1) is 23.2. The summed E-state index contributed by atoms with van der Waals surface area (Å²) in [5.74, 6) is -3.08. The lowest BCUT2D eigenvalue weighted by molar-refractivity contribution is -0.103. The number of rotatable bonds is 8. The van der Waals surface area contributed by atoms with Gasteiger partial charge in [-0.25, -0.2) is 13.8 Å². The minimum atomic E-state index is -2.85. The minimum Gasteiger partial charge on any atom is -0.472 e. The topological polar surface area (TPSA) is 19.0 Å². The number of ether oxygens (including phenoxy) is 1. The van der Waals surface area contributed by atoms with Gasteiger partial charge >= 0.3 is 0 Å². The van der Waals surface area contributed by atoms with Crippen molar-refractivity contribution in [3.8, 4) is 0 Å². The van der Waals surface area contributed by atoms with Crippen LogP contribution in [0.5, 0.6) is 0 Å². The summed E-state index contributed by atoms with van der Waals surface area (Å²) >= 11 is 0. The molecule has 0 spiro atoms. The Balaban J connectivity index is 2.15. The average molecular weight is 408 g/mol. The first-order valence-corrected chi connectivity index (χ1v) is 10.1. The Hall–Kier alpha value is -2.08. The third-order valence-corrected chi connectivity index (χ3v) is 5.44. The third-order valence-electron chi connectivity index (χ3n) is 5.44. The molecule has 0 amide bonds. The number of alkyl halides is 2. The summed E-state index contributed by atoms with van der Waals surface area (Å²) in [7, 11) is 3.94. The summed E-state index contributed by atoms with van der Waals surface area (Å²) in [4.78, 5) is 1.91. The number of halogens is 2. The highest BCUT2D eigenvalue weighted by Crippen LogP contribution is 2.30. The summed E-state index contributed by atoms with van der Waals surface area (Å²) < 4.78 is 33.4. The van der Waals surface area contributed by atoms with E-state index in [1.165, 1.54) is 25.0 Å². The third kappa shape index (κ3) is 5.30. The summed E-state index contributed by atoms with van der Waals surface area (Å²) in [6, 6.07) is 0.174. The van der Waals surface area contributed by atoms with E-state index in [0.717, 1.165) is 17.7 Å². The average Bonchev–Trinajstić information content (AvgIpc) is 2.91. The van der Waals surface area contributed by atoms with Crippen molar-refractivity contribution in [2.24, 2.45) is 5.92 Å². The van der Waals surface area contributed by atoms with Crippen LogP contribution in [0.3, 0.4) is 0 Å². The molecule has 2 rings (SSSR count). The molecule has 0 saturated heterocycles. The van der Waals surface area contributed by atoms with Crippen LogP contribution in [-0.4, -0.2) is 60.7 Å². The Morgan fingerprint density at radius 3 is 2.55 bits per heavy atom. The minimum absolute atomic E-state index is 0.174. The zero-order chi connectivity index (χ0) is 21.9. The van der Waals surface area contributed by atoms with Gasteiger partial charge in [-0.2, -0.15) is 0 Å². The van der Waals surface area contributed by atoms with Crippen molar-refractivity contribution < 1.29 is 13.5 Å². The van der Waals surface area contributed by atoms with E-state index in [9.17, 15) is 8.78 Å². The van der Waals surface area contributed by atoms with Gasteiger partial charge in [-0.3, -0.25) is 0 Å². The van der Waals surface area contributed by atoms with E-state index in [2.05, 4.69) is 42.0 Å². The smallest absolute Gasteiger partial charge is 0.283 e. The van der Waals surface area contributed by atoms with E-state index in [1.807, 2.05) is 38.8 Å².